The normalized spacial score (nSPS) is 12.7. The Hall–Kier alpha value is -3.44. The Labute approximate surface area is 178 Å². The number of aliphatic hydroxyl groups excluding tert-OH is 1. The lowest BCUT2D eigenvalue weighted by Crippen LogP contribution is -2.30. The number of aliphatic hydroxyl groups is 1. The van der Waals surface area contributed by atoms with Gasteiger partial charge in [0.05, 0.1) is 38.7 Å². The third-order valence-electron chi connectivity index (χ3n) is 4.52. The summed E-state index contributed by atoms with van der Waals surface area (Å²) in [5.41, 5.74) is 2.74. The minimum atomic E-state index is -0.900. The molecule has 0 spiro atoms. The highest BCUT2D eigenvalue weighted by atomic mass is 16.5. The molecular formula is C20H26N6O5. The van der Waals surface area contributed by atoms with Crippen LogP contribution in [0.15, 0.2) is 39.0 Å². The Bertz CT molecular complexity index is 1180. The van der Waals surface area contributed by atoms with Crippen LogP contribution in [0.5, 0.6) is 5.75 Å². The third-order valence-corrected chi connectivity index (χ3v) is 4.52. The van der Waals surface area contributed by atoms with Crippen molar-refractivity contribution in [1.29, 1.82) is 0 Å². The SMILES string of the molecule is COc1ccc(/C=N/Nc2nc3c(c(=O)[nH]c(=O)n3C)n2CC(O)COC(C)C)cc1. The molecule has 3 N–H and O–H groups in total. The molecule has 2 heterocycles. The molecule has 3 rings (SSSR count). The molecule has 0 aliphatic rings. The number of fused-ring (bicyclic) bond motifs is 1. The molecule has 0 amide bonds. The summed E-state index contributed by atoms with van der Waals surface area (Å²) in [6.45, 7) is 3.82. The second-order valence-electron chi connectivity index (χ2n) is 7.22. The zero-order valence-electron chi connectivity index (χ0n) is 17.8. The van der Waals surface area contributed by atoms with Gasteiger partial charge in [-0.05, 0) is 43.7 Å². The number of hydrogen-bond donors (Lipinski definition) is 3. The number of aromatic nitrogens is 4. The van der Waals surface area contributed by atoms with Crippen molar-refractivity contribution in [3.05, 3.63) is 50.7 Å². The van der Waals surface area contributed by atoms with Gasteiger partial charge in [0.25, 0.3) is 5.56 Å². The molecule has 1 unspecified atom stereocenters. The maximum Gasteiger partial charge on any atom is 0.329 e. The van der Waals surface area contributed by atoms with E-state index in [2.05, 4.69) is 20.5 Å². The van der Waals surface area contributed by atoms with E-state index in [1.165, 1.54) is 16.2 Å². The number of methoxy groups -OCH3 is 1. The van der Waals surface area contributed by atoms with Crippen LogP contribution in [0.4, 0.5) is 5.95 Å². The van der Waals surface area contributed by atoms with Gasteiger partial charge in [0.1, 0.15) is 5.75 Å². The van der Waals surface area contributed by atoms with E-state index in [0.717, 1.165) is 11.3 Å². The van der Waals surface area contributed by atoms with Crippen molar-refractivity contribution in [3.8, 4) is 5.75 Å². The lowest BCUT2D eigenvalue weighted by atomic mass is 10.2. The summed E-state index contributed by atoms with van der Waals surface area (Å²) in [6.07, 6.45) is 0.623. The lowest BCUT2D eigenvalue weighted by molar-refractivity contribution is -0.000105. The minimum Gasteiger partial charge on any atom is -0.497 e. The third kappa shape index (κ3) is 5.19. The second kappa shape index (κ2) is 9.58. The summed E-state index contributed by atoms with van der Waals surface area (Å²) in [5, 5.41) is 14.6. The van der Waals surface area contributed by atoms with Gasteiger partial charge in [0.15, 0.2) is 11.2 Å². The van der Waals surface area contributed by atoms with Crippen molar-refractivity contribution >= 4 is 23.3 Å². The van der Waals surface area contributed by atoms with Crippen molar-refractivity contribution < 1.29 is 14.6 Å². The summed E-state index contributed by atoms with van der Waals surface area (Å²) < 4.78 is 13.3. The quantitative estimate of drug-likeness (QED) is 0.335. The number of hydrogen-bond acceptors (Lipinski definition) is 8. The second-order valence-corrected chi connectivity index (χ2v) is 7.22. The molecule has 0 aliphatic carbocycles. The van der Waals surface area contributed by atoms with Gasteiger partial charge in [-0.3, -0.25) is 14.3 Å². The van der Waals surface area contributed by atoms with E-state index in [4.69, 9.17) is 9.47 Å². The number of benzene rings is 1. The van der Waals surface area contributed by atoms with Crippen LogP contribution in [0.1, 0.15) is 19.4 Å². The maximum atomic E-state index is 12.5. The first-order valence-corrected chi connectivity index (χ1v) is 9.72. The topological polar surface area (TPSA) is 136 Å². The Morgan fingerprint density at radius 2 is 2.00 bits per heavy atom. The van der Waals surface area contributed by atoms with Crippen LogP contribution in [0.3, 0.4) is 0 Å². The molecule has 0 fully saturated rings. The van der Waals surface area contributed by atoms with Gasteiger partial charge >= 0.3 is 5.69 Å². The molecule has 3 aromatic rings. The number of H-pyrrole nitrogens is 1. The number of anilines is 1. The molecule has 31 heavy (non-hydrogen) atoms. The van der Waals surface area contributed by atoms with E-state index in [0.29, 0.717) is 0 Å². The number of imidazole rings is 1. The number of nitrogens with zero attached hydrogens (tertiary/aromatic N) is 4. The van der Waals surface area contributed by atoms with E-state index in [9.17, 15) is 14.7 Å². The molecule has 11 heteroatoms. The predicted octanol–water partition coefficient (Wildman–Crippen LogP) is 0.664. The van der Waals surface area contributed by atoms with Gasteiger partial charge in [-0.1, -0.05) is 0 Å². The molecule has 166 valence electrons. The molecule has 0 radical (unpaired) electrons. The number of rotatable bonds is 9. The van der Waals surface area contributed by atoms with E-state index < -0.39 is 17.4 Å². The first kappa shape index (κ1) is 22.2. The molecule has 11 nitrogen and oxygen atoms in total. The van der Waals surface area contributed by atoms with E-state index >= 15 is 0 Å². The Morgan fingerprint density at radius 1 is 1.29 bits per heavy atom. The summed E-state index contributed by atoms with van der Waals surface area (Å²) in [5.74, 6) is 0.930. The number of ether oxygens (including phenoxy) is 2. The van der Waals surface area contributed by atoms with Crippen molar-refractivity contribution in [1.82, 2.24) is 19.1 Å². The van der Waals surface area contributed by atoms with E-state index in [1.807, 2.05) is 26.0 Å². The number of aryl methyl sites for hydroxylation is 1. The van der Waals surface area contributed by atoms with Crippen molar-refractivity contribution in [2.75, 3.05) is 19.1 Å². The fraction of sp³-hybridized carbons (Fsp3) is 0.400. The lowest BCUT2D eigenvalue weighted by Gasteiger charge is -2.15. The van der Waals surface area contributed by atoms with Gasteiger partial charge in [-0.15, -0.1) is 0 Å². The number of hydrazone groups is 1. The van der Waals surface area contributed by atoms with Crippen LogP contribution < -0.4 is 21.4 Å². The summed E-state index contributed by atoms with van der Waals surface area (Å²) in [7, 11) is 3.09. The highest BCUT2D eigenvalue weighted by Gasteiger charge is 2.19. The summed E-state index contributed by atoms with van der Waals surface area (Å²) in [4.78, 5) is 31.0. The standard InChI is InChI=1S/C20H26N6O5/c1-12(2)31-11-14(27)10-26-16-17(25(3)20(29)23-18(16)28)22-19(26)24-21-9-13-5-7-15(30-4)8-6-13/h5-9,12,14,27H,10-11H2,1-4H3,(H,22,24)(H,23,28,29)/b21-9+. The summed E-state index contributed by atoms with van der Waals surface area (Å²) in [6, 6.07) is 7.26. The fourth-order valence-corrected chi connectivity index (χ4v) is 2.92. The molecule has 0 bridgehead atoms. The van der Waals surface area contributed by atoms with Gasteiger partial charge in [-0.25, -0.2) is 10.2 Å². The van der Waals surface area contributed by atoms with Crippen LogP contribution in [0, 0.1) is 0 Å². The molecule has 1 atom stereocenters. The van der Waals surface area contributed by atoms with Gasteiger partial charge in [0.2, 0.25) is 5.95 Å². The van der Waals surface area contributed by atoms with Crippen molar-refractivity contribution in [3.63, 3.8) is 0 Å². The Kier molecular flexibility index (Phi) is 6.88. The highest BCUT2D eigenvalue weighted by molar-refractivity contribution is 5.80. The Morgan fingerprint density at radius 3 is 2.65 bits per heavy atom. The molecule has 0 saturated heterocycles. The maximum absolute atomic E-state index is 12.5. The van der Waals surface area contributed by atoms with Crippen molar-refractivity contribution in [2.24, 2.45) is 12.1 Å². The monoisotopic (exact) mass is 430 g/mol. The first-order valence-electron chi connectivity index (χ1n) is 9.72. The first-order chi connectivity index (χ1) is 14.8. The number of aromatic amines is 1. The van der Waals surface area contributed by atoms with Gasteiger partial charge < -0.3 is 19.1 Å². The minimum absolute atomic E-state index is 0.0187. The van der Waals surface area contributed by atoms with Crippen molar-refractivity contribution in [2.45, 2.75) is 32.6 Å². The largest absolute Gasteiger partial charge is 0.497 e. The van der Waals surface area contributed by atoms with Gasteiger partial charge in [-0.2, -0.15) is 10.1 Å². The smallest absolute Gasteiger partial charge is 0.329 e. The van der Waals surface area contributed by atoms with Crippen LogP contribution >= 0.6 is 0 Å². The van der Waals surface area contributed by atoms with Crippen LogP contribution in [-0.2, 0) is 18.3 Å². The molecule has 0 aliphatic heterocycles. The highest BCUT2D eigenvalue weighted by Crippen LogP contribution is 2.16. The molecule has 0 saturated carbocycles. The average Bonchev–Trinajstić information content (AvgIpc) is 3.10. The number of nitrogens with one attached hydrogen (secondary N) is 2. The zero-order valence-corrected chi connectivity index (χ0v) is 17.8. The fourth-order valence-electron chi connectivity index (χ4n) is 2.92. The predicted molar refractivity (Wildman–Crippen MR) is 117 cm³/mol. The zero-order chi connectivity index (χ0) is 22.5. The summed E-state index contributed by atoms with van der Waals surface area (Å²) >= 11 is 0. The van der Waals surface area contributed by atoms with Crippen LogP contribution in [-0.4, -0.2) is 56.3 Å². The van der Waals surface area contributed by atoms with Gasteiger partial charge in [0, 0.05) is 7.05 Å². The Balaban J connectivity index is 1.93. The average molecular weight is 430 g/mol. The molecule has 1 aromatic carbocycles. The molecule has 2 aromatic heterocycles. The van der Waals surface area contributed by atoms with Crippen LogP contribution in [0.2, 0.25) is 0 Å². The van der Waals surface area contributed by atoms with E-state index in [1.54, 1.807) is 25.5 Å². The van der Waals surface area contributed by atoms with Crippen LogP contribution in [0.25, 0.3) is 11.2 Å². The molecular weight excluding hydrogens is 404 g/mol. The van der Waals surface area contributed by atoms with E-state index in [-0.39, 0.29) is 36.4 Å².